The van der Waals surface area contributed by atoms with Crippen LogP contribution in [0.2, 0.25) is 0 Å². The third-order valence-corrected chi connectivity index (χ3v) is 5.06. The Morgan fingerprint density at radius 3 is 2.65 bits per heavy atom. The summed E-state index contributed by atoms with van der Waals surface area (Å²) in [6.45, 7) is 0.400. The summed E-state index contributed by atoms with van der Waals surface area (Å²) in [6.07, 6.45) is 1.11. The lowest BCUT2D eigenvalue weighted by molar-refractivity contribution is 0.0832. The van der Waals surface area contributed by atoms with E-state index >= 15 is 0 Å². The third kappa shape index (κ3) is 3.56. The van der Waals surface area contributed by atoms with Gasteiger partial charge in [-0.2, -0.15) is 0 Å². The van der Waals surface area contributed by atoms with Crippen LogP contribution in [0.15, 0.2) is 21.5 Å². The van der Waals surface area contributed by atoms with Crippen molar-refractivity contribution in [3.05, 3.63) is 28.0 Å². The summed E-state index contributed by atoms with van der Waals surface area (Å²) < 4.78 is 46.6. The quantitative estimate of drug-likeness (QED) is 0.846. The highest BCUT2D eigenvalue weighted by Crippen LogP contribution is 2.25. The summed E-state index contributed by atoms with van der Waals surface area (Å²) in [5.41, 5.74) is -0.0632. The number of rotatable bonds is 4. The molecule has 0 aliphatic carbocycles. The van der Waals surface area contributed by atoms with Crippen molar-refractivity contribution in [3.63, 3.8) is 0 Å². The molecule has 20 heavy (non-hydrogen) atoms. The van der Waals surface area contributed by atoms with Gasteiger partial charge in [0.1, 0.15) is 10.7 Å². The molecule has 1 heterocycles. The highest BCUT2D eigenvalue weighted by atomic mass is 79.9. The second-order valence-electron chi connectivity index (χ2n) is 4.54. The molecule has 0 spiro atoms. The van der Waals surface area contributed by atoms with Gasteiger partial charge in [0, 0.05) is 29.3 Å². The minimum Gasteiger partial charge on any atom is -0.392 e. The van der Waals surface area contributed by atoms with E-state index in [1.54, 1.807) is 0 Å². The van der Waals surface area contributed by atoms with Crippen LogP contribution in [-0.2, 0) is 21.4 Å². The first-order valence-electron chi connectivity index (χ1n) is 6.13. The lowest BCUT2D eigenvalue weighted by atomic mass is 10.1. The molecule has 0 saturated carbocycles. The largest absolute Gasteiger partial charge is 0.392 e. The molecular weight excluding hydrogens is 353 g/mol. The average Bonchev–Trinajstić information content (AvgIpc) is 2.41. The lowest BCUT2D eigenvalue weighted by Gasteiger charge is -2.23. The first kappa shape index (κ1) is 15.8. The van der Waals surface area contributed by atoms with E-state index in [1.165, 1.54) is 12.1 Å². The van der Waals surface area contributed by atoms with E-state index in [1.807, 2.05) is 0 Å². The Hall–Kier alpha value is -0.540. The molecule has 0 atom stereocenters. The standard InChI is InChI=1S/C12H15BrFNO4S/c13-9-5-8(7-16)12(14)11(6-9)20(17,18)15-10-1-3-19-4-2-10/h5-6,10,15-16H,1-4,7H2. The molecule has 1 aliphatic heterocycles. The average molecular weight is 368 g/mol. The zero-order valence-corrected chi connectivity index (χ0v) is 13.0. The summed E-state index contributed by atoms with van der Waals surface area (Å²) in [5, 5.41) is 9.06. The van der Waals surface area contributed by atoms with Crippen molar-refractivity contribution in [1.82, 2.24) is 4.72 Å². The normalized spacial score (nSPS) is 17.4. The van der Waals surface area contributed by atoms with E-state index in [9.17, 15) is 12.8 Å². The lowest BCUT2D eigenvalue weighted by Crippen LogP contribution is -2.39. The first-order valence-corrected chi connectivity index (χ1v) is 8.40. The van der Waals surface area contributed by atoms with Crippen molar-refractivity contribution in [2.24, 2.45) is 0 Å². The highest BCUT2D eigenvalue weighted by Gasteiger charge is 2.26. The molecule has 0 radical (unpaired) electrons. The van der Waals surface area contributed by atoms with Gasteiger partial charge in [0.2, 0.25) is 10.0 Å². The molecule has 1 aromatic carbocycles. The van der Waals surface area contributed by atoms with Crippen molar-refractivity contribution in [2.75, 3.05) is 13.2 Å². The van der Waals surface area contributed by atoms with Crippen molar-refractivity contribution >= 4 is 26.0 Å². The summed E-state index contributed by atoms with van der Waals surface area (Å²) in [7, 11) is -3.97. The van der Waals surface area contributed by atoms with E-state index < -0.39 is 27.3 Å². The van der Waals surface area contributed by atoms with E-state index in [2.05, 4.69) is 20.7 Å². The van der Waals surface area contributed by atoms with E-state index in [0.29, 0.717) is 30.5 Å². The van der Waals surface area contributed by atoms with Crippen LogP contribution in [0, 0.1) is 5.82 Å². The SMILES string of the molecule is O=S(=O)(NC1CCOCC1)c1cc(Br)cc(CO)c1F. The number of aliphatic hydroxyl groups excluding tert-OH is 1. The number of benzene rings is 1. The molecule has 1 fully saturated rings. The van der Waals surface area contributed by atoms with E-state index in [0.717, 1.165) is 0 Å². The Balaban J connectivity index is 2.31. The van der Waals surface area contributed by atoms with Crippen molar-refractivity contribution in [1.29, 1.82) is 0 Å². The van der Waals surface area contributed by atoms with Gasteiger partial charge in [-0.1, -0.05) is 15.9 Å². The van der Waals surface area contributed by atoms with Crippen LogP contribution in [0.1, 0.15) is 18.4 Å². The minimum absolute atomic E-state index is 0.0632. The van der Waals surface area contributed by atoms with Crippen LogP contribution in [0.5, 0.6) is 0 Å². The van der Waals surface area contributed by atoms with Gasteiger partial charge in [0.05, 0.1) is 6.61 Å². The van der Waals surface area contributed by atoms with Crippen LogP contribution in [0.4, 0.5) is 4.39 Å². The fourth-order valence-corrected chi connectivity index (χ4v) is 4.13. The monoisotopic (exact) mass is 367 g/mol. The molecule has 0 bridgehead atoms. The van der Waals surface area contributed by atoms with Crippen LogP contribution in [-0.4, -0.2) is 32.8 Å². The zero-order valence-electron chi connectivity index (χ0n) is 10.6. The number of aliphatic hydroxyl groups is 1. The topological polar surface area (TPSA) is 75.6 Å². The van der Waals surface area contributed by atoms with Gasteiger partial charge in [-0.05, 0) is 25.0 Å². The van der Waals surface area contributed by atoms with Gasteiger partial charge < -0.3 is 9.84 Å². The number of hydrogen-bond donors (Lipinski definition) is 2. The summed E-state index contributed by atoms with van der Waals surface area (Å²) in [4.78, 5) is -0.456. The van der Waals surface area contributed by atoms with Crippen molar-refractivity contribution in [2.45, 2.75) is 30.4 Å². The van der Waals surface area contributed by atoms with Gasteiger partial charge in [-0.25, -0.2) is 17.5 Å². The van der Waals surface area contributed by atoms with Crippen LogP contribution in [0.25, 0.3) is 0 Å². The van der Waals surface area contributed by atoms with Gasteiger partial charge >= 0.3 is 0 Å². The predicted octanol–water partition coefficient (Wildman–Crippen LogP) is 1.54. The van der Waals surface area contributed by atoms with Crippen molar-refractivity contribution in [3.8, 4) is 0 Å². The maximum absolute atomic E-state index is 14.1. The molecule has 2 N–H and O–H groups in total. The molecule has 1 aromatic rings. The van der Waals surface area contributed by atoms with Crippen molar-refractivity contribution < 1.29 is 22.7 Å². The van der Waals surface area contributed by atoms with E-state index in [-0.39, 0.29) is 11.6 Å². The summed E-state index contributed by atoms with van der Waals surface area (Å²) in [5.74, 6) is -0.921. The second-order valence-corrected chi connectivity index (χ2v) is 7.14. The summed E-state index contributed by atoms with van der Waals surface area (Å²) >= 11 is 3.12. The highest BCUT2D eigenvalue weighted by molar-refractivity contribution is 9.10. The fraction of sp³-hybridized carbons (Fsp3) is 0.500. The molecule has 2 rings (SSSR count). The maximum atomic E-state index is 14.1. The number of nitrogens with one attached hydrogen (secondary N) is 1. The molecule has 0 unspecified atom stereocenters. The number of hydrogen-bond acceptors (Lipinski definition) is 4. The molecule has 1 saturated heterocycles. The molecular formula is C12H15BrFNO4S. The fourth-order valence-electron chi connectivity index (χ4n) is 2.03. The van der Waals surface area contributed by atoms with Gasteiger partial charge in [0.25, 0.3) is 0 Å². The molecule has 1 aliphatic rings. The predicted molar refractivity (Wildman–Crippen MR) is 74.2 cm³/mol. The Morgan fingerprint density at radius 1 is 1.40 bits per heavy atom. The van der Waals surface area contributed by atoms with Crippen LogP contribution in [0.3, 0.4) is 0 Å². The van der Waals surface area contributed by atoms with Gasteiger partial charge in [0.15, 0.2) is 0 Å². The second kappa shape index (κ2) is 6.48. The van der Waals surface area contributed by atoms with Gasteiger partial charge in [-0.3, -0.25) is 0 Å². The Labute approximate surface area is 125 Å². The first-order chi connectivity index (χ1) is 9.44. The summed E-state index contributed by atoms with van der Waals surface area (Å²) in [6, 6.07) is 2.28. The third-order valence-electron chi connectivity index (χ3n) is 3.08. The van der Waals surface area contributed by atoms with Gasteiger partial charge in [-0.15, -0.1) is 0 Å². The Morgan fingerprint density at radius 2 is 2.05 bits per heavy atom. The minimum atomic E-state index is -3.97. The molecule has 112 valence electrons. The number of halogens is 2. The van der Waals surface area contributed by atoms with E-state index in [4.69, 9.17) is 9.84 Å². The van der Waals surface area contributed by atoms with Crippen LogP contribution < -0.4 is 4.72 Å². The Kier molecular flexibility index (Phi) is 5.14. The number of ether oxygens (including phenoxy) is 1. The maximum Gasteiger partial charge on any atom is 0.243 e. The molecule has 0 amide bonds. The number of sulfonamides is 1. The molecule has 5 nitrogen and oxygen atoms in total. The Bertz CT molecular complexity index is 587. The zero-order chi connectivity index (χ0) is 14.8. The van der Waals surface area contributed by atoms with Crippen LogP contribution >= 0.6 is 15.9 Å². The smallest absolute Gasteiger partial charge is 0.243 e. The molecule has 0 aromatic heterocycles. The molecule has 8 heteroatoms.